The van der Waals surface area contributed by atoms with E-state index in [1.54, 1.807) is 0 Å². The lowest BCUT2D eigenvalue weighted by molar-refractivity contribution is -0.113. The van der Waals surface area contributed by atoms with Gasteiger partial charge in [-0.15, -0.1) is 0 Å². The molecule has 1 aliphatic rings. The Morgan fingerprint density at radius 2 is 1.82 bits per heavy atom. The Kier molecular flexibility index (Phi) is 3.33. The summed E-state index contributed by atoms with van der Waals surface area (Å²) < 4.78 is 0. The first-order chi connectivity index (χ1) is 7.94. The van der Waals surface area contributed by atoms with Crippen molar-refractivity contribution in [3.05, 3.63) is 42.0 Å². The zero-order valence-electron chi connectivity index (χ0n) is 9.78. The molecule has 17 heavy (non-hydrogen) atoms. The molecule has 3 heteroatoms. The number of carbonyl (C=O) groups is 1. The minimum atomic E-state index is -0.270. The van der Waals surface area contributed by atoms with Crippen molar-refractivity contribution in [2.75, 3.05) is 0 Å². The molecule has 1 fully saturated rings. The highest BCUT2D eigenvalue weighted by Crippen LogP contribution is 2.60. The Morgan fingerprint density at radius 3 is 2.29 bits per heavy atom. The number of halogens is 2. The predicted octanol–water partition coefficient (Wildman–Crippen LogP) is 4.30. The molecule has 1 nitrogen and oxygen atoms in total. The van der Waals surface area contributed by atoms with Gasteiger partial charge in [0.05, 0.1) is 0 Å². The van der Waals surface area contributed by atoms with Gasteiger partial charge in [-0.1, -0.05) is 61.9 Å². The quantitative estimate of drug-likeness (QED) is 0.747. The SMILES string of the molecule is CC1(C)C(C=C(Cl)c2ccccc2)C1C(=O)Cl. The highest BCUT2D eigenvalue weighted by molar-refractivity contribution is 6.64. The second-order valence-corrected chi connectivity index (χ2v) is 5.79. The molecule has 1 aromatic carbocycles. The summed E-state index contributed by atoms with van der Waals surface area (Å²) in [7, 11) is 0. The van der Waals surface area contributed by atoms with Crippen molar-refractivity contribution in [3.63, 3.8) is 0 Å². The smallest absolute Gasteiger partial charge is 0.225 e. The van der Waals surface area contributed by atoms with Crippen LogP contribution in [0.4, 0.5) is 0 Å². The number of benzene rings is 1. The number of allylic oxidation sites excluding steroid dienone is 1. The van der Waals surface area contributed by atoms with Gasteiger partial charge < -0.3 is 0 Å². The average molecular weight is 269 g/mol. The molecule has 0 saturated heterocycles. The summed E-state index contributed by atoms with van der Waals surface area (Å²) in [6, 6.07) is 9.72. The molecular weight excluding hydrogens is 255 g/mol. The van der Waals surface area contributed by atoms with Gasteiger partial charge in [0.25, 0.3) is 0 Å². The summed E-state index contributed by atoms with van der Waals surface area (Å²) in [6.45, 7) is 4.07. The highest BCUT2D eigenvalue weighted by Gasteiger charge is 2.60. The van der Waals surface area contributed by atoms with Gasteiger partial charge in [-0.05, 0) is 28.5 Å². The van der Waals surface area contributed by atoms with Gasteiger partial charge >= 0.3 is 0 Å². The van der Waals surface area contributed by atoms with E-state index in [1.807, 2.05) is 50.3 Å². The van der Waals surface area contributed by atoms with E-state index in [2.05, 4.69) is 0 Å². The van der Waals surface area contributed by atoms with Gasteiger partial charge in [0.2, 0.25) is 5.24 Å². The largest absolute Gasteiger partial charge is 0.281 e. The van der Waals surface area contributed by atoms with Crippen molar-refractivity contribution < 1.29 is 4.79 Å². The van der Waals surface area contributed by atoms with Crippen LogP contribution in [0.15, 0.2) is 36.4 Å². The van der Waals surface area contributed by atoms with Crippen molar-refractivity contribution in [1.82, 2.24) is 0 Å². The topological polar surface area (TPSA) is 17.1 Å². The van der Waals surface area contributed by atoms with Crippen molar-refractivity contribution >= 4 is 33.5 Å². The van der Waals surface area contributed by atoms with E-state index in [-0.39, 0.29) is 22.5 Å². The summed E-state index contributed by atoms with van der Waals surface area (Å²) >= 11 is 11.8. The van der Waals surface area contributed by atoms with E-state index in [4.69, 9.17) is 23.2 Å². The second-order valence-electron chi connectivity index (χ2n) is 5.01. The molecule has 0 heterocycles. The van der Waals surface area contributed by atoms with Crippen LogP contribution in [0.1, 0.15) is 19.4 Å². The van der Waals surface area contributed by atoms with E-state index in [1.165, 1.54) is 0 Å². The van der Waals surface area contributed by atoms with Crippen LogP contribution in [0.5, 0.6) is 0 Å². The summed E-state index contributed by atoms with van der Waals surface area (Å²) in [5.41, 5.74) is 0.894. The third kappa shape index (κ3) is 2.41. The third-order valence-electron chi connectivity index (χ3n) is 3.53. The van der Waals surface area contributed by atoms with Crippen molar-refractivity contribution in [2.24, 2.45) is 17.3 Å². The Labute approximate surface area is 111 Å². The minimum absolute atomic E-state index is 0.0756. The van der Waals surface area contributed by atoms with Gasteiger partial charge in [-0.25, -0.2) is 0 Å². The number of hydrogen-bond acceptors (Lipinski definition) is 1. The maximum atomic E-state index is 11.2. The molecule has 1 aliphatic carbocycles. The first-order valence-electron chi connectivity index (χ1n) is 5.56. The fraction of sp³-hybridized carbons (Fsp3) is 0.357. The van der Waals surface area contributed by atoms with Crippen LogP contribution in [0, 0.1) is 17.3 Å². The first-order valence-corrected chi connectivity index (χ1v) is 6.32. The standard InChI is InChI=1S/C14H14Cl2O/c1-14(2)10(12(14)13(16)17)8-11(15)9-6-4-3-5-7-9/h3-8,10,12H,1-2H3. The zero-order valence-corrected chi connectivity index (χ0v) is 11.3. The highest BCUT2D eigenvalue weighted by atomic mass is 35.5. The van der Waals surface area contributed by atoms with Gasteiger partial charge in [0.15, 0.2) is 0 Å². The Morgan fingerprint density at radius 1 is 1.24 bits per heavy atom. The predicted molar refractivity (Wildman–Crippen MR) is 71.9 cm³/mol. The molecule has 1 aromatic rings. The summed E-state index contributed by atoms with van der Waals surface area (Å²) in [6.07, 6.45) is 1.95. The fourth-order valence-corrected chi connectivity index (χ4v) is 2.95. The summed E-state index contributed by atoms with van der Waals surface area (Å²) in [5, 5.41) is 0.415. The maximum absolute atomic E-state index is 11.2. The van der Waals surface area contributed by atoms with E-state index in [0.717, 1.165) is 5.56 Å². The van der Waals surface area contributed by atoms with Gasteiger partial charge in [0.1, 0.15) is 0 Å². The van der Waals surface area contributed by atoms with E-state index >= 15 is 0 Å². The molecule has 0 N–H and O–H groups in total. The maximum Gasteiger partial charge on any atom is 0.225 e. The molecule has 2 rings (SSSR count). The molecule has 0 amide bonds. The van der Waals surface area contributed by atoms with Gasteiger partial charge in [0, 0.05) is 11.0 Å². The van der Waals surface area contributed by atoms with Crippen LogP contribution < -0.4 is 0 Å². The zero-order chi connectivity index (χ0) is 12.6. The van der Waals surface area contributed by atoms with Gasteiger partial charge in [-0.2, -0.15) is 0 Å². The Bertz CT molecular complexity index is 462. The number of hydrogen-bond donors (Lipinski definition) is 0. The molecule has 0 aromatic heterocycles. The van der Waals surface area contributed by atoms with Crippen LogP contribution >= 0.6 is 23.2 Å². The molecule has 90 valence electrons. The lowest BCUT2D eigenvalue weighted by atomic mass is 10.1. The molecule has 0 spiro atoms. The molecule has 2 atom stereocenters. The molecule has 0 aliphatic heterocycles. The average Bonchev–Trinajstić information content (AvgIpc) is 2.81. The van der Waals surface area contributed by atoms with Crippen LogP contribution in [-0.4, -0.2) is 5.24 Å². The van der Waals surface area contributed by atoms with E-state index in [9.17, 15) is 4.79 Å². The Hall–Kier alpha value is -0.790. The summed E-state index contributed by atoms with van der Waals surface area (Å²) in [4.78, 5) is 11.2. The number of carbonyl (C=O) groups excluding carboxylic acids is 1. The van der Waals surface area contributed by atoms with Crippen LogP contribution in [-0.2, 0) is 4.79 Å². The molecule has 0 bridgehead atoms. The molecule has 2 unspecified atom stereocenters. The molecule has 0 radical (unpaired) electrons. The first kappa shape index (κ1) is 12.7. The van der Waals surface area contributed by atoms with Crippen molar-refractivity contribution in [1.29, 1.82) is 0 Å². The van der Waals surface area contributed by atoms with E-state index < -0.39 is 0 Å². The monoisotopic (exact) mass is 268 g/mol. The fourth-order valence-electron chi connectivity index (χ4n) is 2.27. The lowest BCUT2D eigenvalue weighted by Crippen LogP contribution is -1.96. The van der Waals surface area contributed by atoms with Crippen molar-refractivity contribution in [2.45, 2.75) is 13.8 Å². The number of rotatable bonds is 3. The van der Waals surface area contributed by atoms with E-state index in [0.29, 0.717) is 5.03 Å². The van der Waals surface area contributed by atoms with Crippen LogP contribution in [0.25, 0.3) is 5.03 Å². The summed E-state index contributed by atoms with van der Waals surface area (Å²) in [5.74, 6) is 0.0295. The second kappa shape index (κ2) is 4.47. The Balaban J connectivity index is 2.20. The lowest BCUT2D eigenvalue weighted by Gasteiger charge is -2.00. The molecular formula is C14H14Cl2O. The van der Waals surface area contributed by atoms with Gasteiger partial charge in [-0.3, -0.25) is 4.79 Å². The van der Waals surface area contributed by atoms with Crippen LogP contribution in [0.3, 0.4) is 0 Å². The van der Waals surface area contributed by atoms with Crippen molar-refractivity contribution in [3.8, 4) is 0 Å². The van der Waals surface area contributed by atoms with Crippen LogP contribution in [0.2, 0.25) is 0 Å². The normalized spacial score (nSPS) is 26.7. The minimum Gasteiger partial charge on any atom is -0.281 e. The third-order valence-corrected chi connectivity index (χ3v) is 4.11. The molecule has 1 saturated carbocycles.